The van der Waals surface area contributed by atoms with Gasteiger partial charge in [-0.1, -0.05) is 20.8 Å². The lowest BCUT2D eigenvalue weighted by Crippen LogP contribution is -2.45. The Labute approximate surface area is 127 Å². The van der Waals surface area contributed by atoms with Crippen LogP contribution in [0.3, 0.4) is 0 Å². The van der Waals surface area contributed by atoms with E-state index in [9.17, 15) is 8.42 Å². The second kappa shape index (κ2) is 5.29. The summed E-state index contributed by atoms with van der Waals surface area (Å²) in [7, 11) is -3.52. The number of rotatable bonds is 4. The smallest absolute Gasteiger partial charge is 0.241 e. The van der Waals surface area contributed by atoms with Crippen molar-refractivity contribution in [2.24, 2.45) is 5.41 Å². The lowest BCUT2D eigenvalue weighted by Gasteiger charge is -2.33. The molecule has 1 aromatic carbocycles. The van der Waals surface area contributed by atoms with Gasteiger partial charge < -0.3 is 4.74 Å². The number of hydrogen-bond acceptors (Lipinski definition) is 3. The summed E-state index contributed by atoms with van der Waals surface area (Å²) in [5.74, 6) is 0.794. The van der Waals surface area contributed by atoms with Gasteiger partial charge in [0.15, 0.2) is 0 Å². The minimum atomic E-state index is -3.52. The van der Waals surface area contributed by atoms with Crippen molar-refractivity contribution in [1.82, 2.24) is 4.72 Å². The third-order valence-electron chi connectivity index (χ3n) is 3.35. The van der Waals surface area contributed by atoms with E-state index in [1.807, 2.05) is 13.8 Å². The molecule has 0 bridgehead atoms. The highest BCUT2D eigenvalue weighted by Gasteiger charge is 2.31. The van der Waals surface area contributed by atoms with E-state index in [2.05, 4.69) is 25.5 Å². The van der Waals surface area contributed by atoms with E-state index in [1.165, 1.54) is 0 Å². The fourth-order valence-electron chi connectivity index (χ4n) is 3.11. The van der Waals surface area contributed by atoms with Gasteiger partial charge in [-0.15, -0.1) is 0 Å². The molecule has 4 nitrogen and oxygen atoms in total. The van der Waals surface area contributed by atoms with Gasteiger partial charge in [-0.05, 0) is 49.4 Å². The van der Waals surface area contributed by atoms with Crippen molar-refractivity contribution in [2.75, 3.05) is 6.61 Å². The van der Waals surface area contributed by atoms with Gasteiger partial charge in [-0.25, -0.2) is 13.1 Å². The van der Waals surface area contributed by atoms with Gasteiger partial charge in [-0.2, -0.15) is 0 Å². The molecule has 0 saturated carbocycles. The van der Waals surface area contributed by atoms with Crippen LogP contribution in [-0.4, -0.2) is 20.6 Å². The van der Waals surface area contributed by atoms with Crippen LogP contribution in [0.4, 0.5) is 0 Å². The first-order chi connectivity index (χ1) is 9.49. The van der Waals surface area contributed by atoms with Gasteiger partial charge in [0.05, 0.1) is 11.5 Å². The number of nitrogens with one attached hydrogen (secondary N) is 1. The molecule has 1 aromatic rings. The first-order valence-electron chi connectivity index (χ1n) is 7.28. The number of ether oxygens (including phenoxy) is 1. The number of benzene rings is 1. The molecule has 0 aliphatic carbocycles. The van der Waals surface area contributed by atoms with Crippen molar-refractivity contribution in [3.63, 3.8) is 0 Å². The summed E-state index contributed by atoms with van der Waals surface area (Å²) in [5.41, 5.74) is 0.524. The van der Waals surface area contributed by atoms with Crippen LogP contribution in [0.15, 0.2) is 23.1 Å². The normalized spacial score (nSPS) is 15.7. The van der Waals surface area contributed by atoms with Gasteiger partial charge in [-0.3, -0.25) is 0 Å². The van der Waals surface area contributed by atoms with Crippen molar-refractivity contribution < 1.29 is 13.2 Å². The zero-order valence-electron chi connectivity index (χ0n) is 13.5. The Morgan fingerprint density at radius 3 is 2.48 bits per heavy atom. The molecule has 1 heterocycles. The number of fused-ring (bicyclic) bond motifs is 1. The summed E-state index contributed by atoms with van der Waals surface area (Å²) in [5, 5.41) is 0. The third-order valence-corrected chi connectivity index (χ3v) is 5.05. The second-order valence-electron chi connectivity index (χ2n) is 7.59. The Morgan fingerprint density at radius 2 is 1.86 bits per heavy atom. The maximum Gasteiger partial charge on any atom is 0.241 e. The van der Waals surface area contributed by atoms with E-state index in [4.69, 9.17) is 4.74 Å². The summed E-state index contributed by atoms with van der Waals surface area (Å²) in [6.07, 6.45) is 1.53. The predicted molar refractivity (Wildman–Crippen MR) is 84.1 cm³/mol. The van der Waals surface area contributed by atoms with Gasteiger partial charge in [0.1, 0.15) is 5.75 Å². The predicted octanol–water partition coefficient (Wildman–Crippen LogP) is 3.11. The molecule has 5 heteroatoms. The van der Waals surface area contributed by atoms with E-state index in [-0.39, 0.29) is 5.41 Å². The van der Waals surface area contributed by atoms with Gasteiger partial charge >= 0.3 is 0 Å². The average Bonchev–Trinajstić information content (AvgIpc) is 2.70. The Kier molecular flexibility index (Phi) is 4.10. The van der Waals surface area contributed by atoms with Crippen LogP contribution in [0.25, 0.3) is 0 Å². The molecule has 1 aliphatic rings. The Morgan fingerprint density at radius 1 is 1.19 bits per heavy atom. The highest BCUT2D eigenvalue weighted by molar-refractivity contribution is 7.89. The monoisotopic (exact) mass is 311 g/mol. The maximum atomic E-state index is 12.6. The summed E-state index contributed by atoms with van der Waals surface area (Å²) >= 11 is 0. The summed E-state index contributed by atoms with van der Waals surface area (Å²) in [6.45, 7) is 10.8. The largest absolute Gasteiger partial charge is 0.493 e. The van der Waals surface area contributed by atoms with E-state index < -0.39 is 15.6 Å². The van der Waals surface area contributed by atoms with E-state index >= 15 is 0 Å². The summed E-state index contributed by atoms with van der Waals surface area (Å²) < 4.78 is 33.4. The topological polar surface area (TPSA) is 55.4 Å². The van der Waals surface area contributed by atoms with Crippen molar-refractivity contribution in [1.29, 1.82) is 0 Å². The standard InChI is InChI=1S/C16H25NO3S/c1-15(2,3)11-16(4,5)17-21(18,19)13-6-7-14-12(10-13)8-9-20-14/h6-7,10,17H,8-9,11H2,1-5H3. The molecule has 21 heavy (non-hydrogen) atoms. The molecule has 0 amide bonds. The molecular formula is C16H25NO3S. The van der Waals surface area contributed by atoms with Crippen LogP contribution >= 0.6 is 0 Å². The molecule has 0 radical (unpaired) electrons. The lowest BCUT2D eigenvalue weighted by molar-refractivity contribution is 0.269. The SMILES string of the molecule is CC(C)(C)CC(C)(C)NS(=O)(=O)c1ccc2c(c1)CCO2. The van der Waals surface area contributed by atoms with E-state index in [0.29, 0.717) is 11.5 Å². The summed E-state index contributed by atoms with van der Waals surface area (Å²) in [6, 6.07) is 5.07. The molecule has 0 unspecified atom stereocenters. The Bertz CT molecular complexity index is 627. The minimum absolute atomic E-state index is 0.0534. The zero-order valence-corrected chi connectivity index (χ0v) is 14.3. The van der Waals surface area contributed by atoms with Crippen LogP contribution in [0.1, 0.15) is 46.6 Å². The fraction of sp³-hybridized carbons (Fsp3) is 0.625. The highest BCUT2D eigenvalue weighted by atomic mass is 32.2. The molecule has 0 fully saturated rings. The minimum Gasteiger partial charge on any atom is -0.493 e. The van der Waals surface area contributed by atoms with Gasteiger partial charge in [0.25, 0.3) is 0 Å². The van der Waals surface area contributed by atoms with Crippen LogP contribution in [0, 0.1) is 5.41 Å². The first kappa shape index (κ1) is 16.3. The number of hydrogen-bond donors (Lipinski definition) is 1. The van der Waals surface area contributed by atoms with Crippen molar-refractivity contribution in [3.05, 3.63) is 23.8 Å². The quantitative estimate of drug-likeness (QED) is 0.929. The van der Waals surface area contributed by atoms with Crippen molar-refractivity contribution in [2.45, 2.75) is 57.9 Å². The molecule has 1 N–H and O–H groups in total. The summed E-state index contributed by atoms with van der Waals surface area (Å²) in [4.78, 5) is 0.314. The van der Waals surface area contributed by atoms with E-state index in [0.717, 1.165) is 24.2 Å². The number of sulfonamides is 1. The molecule has 0 atom stereocenters. The molecule has 0 saturated heterocycles. The van der Waals surface area contributed by atoms with Crippen LogP contribution in [0.5, 0.6) is 5.75 Å². The zero-order chi connectivity index (χ0) is 15.9. The van der Waals surface area contributed by atoms with Crippen LogP contribution < -0.4 is 9.46 Å². The second-order valence-corrected chi connectivity index (χ2v) is 9.28. The first-order valence-corrected chi connectivity index (χ1v) is 8.77. The molecule has 1 aliphatic heterocycles. The molecule has 0 spiro atoms. The van der Waals surface area contributed by atoms with Crippen molar-refractivity contribution >= 4 is 10.0 Å². The van der Waals surface area contributed by atoms with Crippen LogP contribution in [-0.2, 0) is 16.4 Å². The fourth-order valence-corrected chi connectivity index (χ4v) is 4.58. The van der Waals surface area contributed by atoms with E-state index in [1.54, 1.807) is 18.2 Å². The highest BCUT2D eigenvalue weighted by Crippen LogP contribution is 2.30. The van der Waals surface area contributed by atoms with Crippen molar-refractivity contribution in [3.8, 4) is 5.75 Å². The Balaban J connectivity index is 2.22. The third kappa shape index (κ3) is 4.20. The lowest BCUT2D eigenvalue weighted by atomic mass is 9.82. The molecule has 2 rings (SSSR count). The maximum absolute atomic E-state index is 12.6. The van der Waals surface area contributed by atoms with Gasteiger partial charge in [0, 0.05) is 12.0 Å². The Hall–Kier alpha value is -1.07. The van der Waals surface area contributed by atoms with Crippen LogP contribution in [0.2, 0.25) is 0 Å². The average molecular weight is 311 g/mol. The molecule has 118 valence electrons. The molecule has 0 aromatic heterocycles. The molecular weight excluding hydrogens is 286 g/mol. The van der Waals surface area contributed by atoms with Gasteiger partial charge in [0.2, 0.25) is 10.0 Å².